The van der Waals surface area contributed by atoms with Crippen molar-refractivity contribution >= 4 is 0 Å². The van der Waals surface area contributed by atoms with Gasteiger partial charge in [-0.2, -0.15) is 0 Å². The van der Waals surface area contributed by atoms with Gasteiger partial charge in [0.15, 0.2) is 6.10 Å². The summed E-state index contributed by atoms with van der Waals surface area (Å²) in [5, 5.41) is 0. The molecule has 26 heavy (non-hydrogen) atoms. The van der Waals surface area contributed by atoms with E-state index in [-0.39, 0.29) is 24.8 Å². The minimum absolute atomic E-state index is 0. The monoisotopic (exact) mass is 414 g/mol. The molecule has 0 amide bonds. The van der Waals surface area contributed by atoms with Gasteiger partial charge in [-0.05, 0) is 6.42 Å². The van der Waals surface area contributed by atoms with E-state index < -0.39 is 0 Å². The van der Waals surface area contributed by atoms with Crippen LogP contribution in [0.25, 0.3) is 0 Å². The Balaban J connectivity index is -0.00000264. The molecule has 162 valence electrons. The second-order valence-corrected chi connectivity index (χ2v) is 9.62. The number of hydrogen-bond acceptors (Lipinski definition) is 1. The van der Waals surface area contributed by atoms with Crippen molar-refractivity contribution in [2.24, 2.45) is 0 Å². The van der Waals surface area contributed by atoms with E-state index in [2.05, 4.69) is 49.2 Å². The number of ether oxygens (including phenoxy) is 1. The standard InChI is InChI=1S/C21H48N2O.2ClH/c1-8-9-10-11-12-13-14-15-16-17-18-24-21(19-22(2,3)4)20-23(5,6)7;;/h21H,8-20H2,1-7H3;2*1H/q+2;;/p-2. The summed E-state index contributed by atoms with van der Waals surface area (Å²) in [5.41, 5.74) is 0. The van der Waals surface area contributed by atoms with Crippen LogP contribution in [0.1, 0.15) is 71.1 Å². The maximum atomic E-state index is 6.23. The Morgan fingerprint density at radius 3 is 1.27 bits per heavy atom. The zero-order valence-electron chi connectivity index (χ0n) is 18.8. The van der Waals surface area contributed by atoms with Crippen LogP contribution in [0.15, 0.2) is 0 Å². The van der Waals surface area contributed by atoms with Crippen LogP contribution in [-0.2, 0) is 4.74 Å². The second-order valence-electron chi connectivity index (χ2n) is 9.62. The fraction of sp³-hybridized carbons (Fsp3) is 1.00. The van der Waals surface area contributed by atoms with Gasteiger partial charge >= 0.3 is 0 Å². The molecule has 3 nitrogen and oxygen atoms in total. The van der Waals surface area contributed by atoms with Crippen molar-refractivity contribution in [1.29, 1.82) is 0 Å². The molecule has 0 aromatic carbocycles. The molecule has 0 bridgehead atoms. The molecule has 0 N–H and O–H groups in total. The van der Waals surface area contributed by atoms with Crippen molar-refractivity contribution in [1.82, 2.24) is 0 Å². The molecule has 0 aromatic rings. The first-order chi connectivity index (χ1) is 11.1. The normalized spacial score (nSPS) is 12.0. The van der Waals surface area contributed by atoms with Crippen LogP contribution in [0, 0.1) is 0 Å². The van der Waals surface area contributed by atoms with E-state index in [9.17, 15) is 0 Å². The lowest BCUT2D eigenvalue weighted by Gasteiger charge is -2.33. The molecule has 0 aliphatic carbocycles. The zero-order valence-corrected chi connectivity index (χ0v) is 20.3. The molecular formula is C21H48Cl2N2O. The quantitative estimate of drug-likeness (QED) is 0.225. The van der Waals surface area contributed by atoms with E-state index in [1.807, 2.05) is 0 Å². The number of halogens is 2. The summed E-state index contributed by atoms with van der Waals surface area (Å²) in [6, 6.07) is 0. The summed E-state index contributed by atoms with van der Waals surface area (Å²) < 4.78 is 8.18. The smallest absolute Gasteiger partial charge is 0.155 e. The summed E-state index contributed by atoms with van der Waals surface area (Å²) in [7, 11) is 13.5. The number of nitrogens with zero attached hydrogens (tertiary/aromatic N) is 2. The Morgan fingerprint density at radius 2 is 0.923 bits per heavy atom. The third kappa shape index (κ3) is 24.5. The van der Waals surface area contributed by atoms with Crippen molar-refractivity contribution in [3.63, 3.8) is 0 Å². The third-order valence-corrected chi connectivity index (χ3v) is 4.35. The van der Waals surface area contributed by atoms with Gasteiger partial charge in [0, 0.05) is 6.61 Å². The van der Waals surface area contributed by atoms with Crippen LogP contribution in [-0.4, -0.2) is 77.1 Å². The lowest BCUT2D eigenvalue weighted by atomic mass is 10.1. The lowest BCUT2D eigenvalue weighted by Crippen LogP contribution is -3.00. The van der Waals surface area contributed by atoms with Gasteiger partial charge in [-0.1, -0.05) is 64.7 Å². The lowest BCUT2D eigenvalue weighted by molar-refractivity contribution is -0.895. The number of unbranched alkanes of at least 4 members (excludes halogenated alkanes) is 9. The van der Waals surface area contributed by atoms with Gasteiger partial charge in [0.25, 0.3) is 0 Å². The van der Waals surface area contributed by atoms with Crippen LogP contribution in [0.3, 0.4) is 0 Å². The molecule has 0 fully saturated rings. The summed E-state index contributed by atoms with van der Waals surface area (Å²) in [4.78, 5) is 0. The molecule has 0 heterocycles. The Labute approximate surface area is 177 Å². The van der Waals surface area contributed by atoms with E-state index in [0.29, 0.717) is 6.10 Å². The molecule has 0 aliphatic rings. The van der Waals surface area contributed by atoms with E-state index in [4.69, 9.17) is 4.74 Å². The Bertz CT molecular complexity index is 273. The maximum absolute atomic E-state index is 6.23. The van der Waals surface area contributed by atoms with Crippen LogP contribution < -0.4 is 24.8 Å². The van der Waals surface area contributed by atoms with E-state index in [0.717, 1.165) is 28.7 Å². The first kappa shape index (κ1) is 31.2. The zero-order chi connectivity index (χ0) is 18.5. The minimum Gasteiger partial charge on any atom is -1.00 e. The highest BCUT2D eigenvalue weighted by atomic mass is 35.5. The molecule has 0 aliphatic heterocycles. The molecular weight excluding hydrogens is 367 g/mol. The molecule has 0 radical (unpaired) electrons. The number of likely N-dealkylation sites (N-methyl/N-ethyl adjacent to an activating group) is 2. The van der Waals surface area contributed by atoms with Crippen molar-refractivity contribution in [2.75, 3.05) is 62.0 Å². The first-order valence-corrected chi connectivity index (χ1v) is 10.4. The Hall–Kier alpha value is 0.460. The highest BCUT2D eigenvalue weighted by Crippen LogP contribution is 2.11. The summed E-state index contributed by atoms with van der Waals surface area (Å²) in [6.45, 7) is 5.40. The molecule has 0 saturated heterocycles. The number of quaternary nitrogens is 2. The molecule has 5 heteroatoms. The molecule has 0 atom stereocenters. The van der Waals surface area contributed by atoms with Crippen molar-refractivity contribution in [3.05, 3.63) is 0 Å². The van der Waals surface area contributed by atoms with Crippen molar-refractivity contribution in [2.45, 2.75) is 77.2 Å². The Morgan fingerprint density at radius 1 is 0.577 bits per heavy atom. The SMILES string of the molecule is CCCCCCCCCCCCOC(C[N+](C)(C)C)C[N+](C)(C)C.[Cl-].[Cl-]. The fourth-order valence-corrected chi connectivity index (χ4v) is 3.22. The molecule has 0 spiro atoms. The van der Waals surface area contributed by atoms with Gasteiger partial charge in [-0.3, -0.25) is 0 Å². The largest absolute Gasteiger partial charge is 1.00 e. The van der Waals surface area contributed by atoms with Crippen LogP contribution in [0.2, 0.25) is 0 Å². The predicted octanol–water partition coefficient (Wildman–Crippen LogP) is -1.29. The first-order valence-electron chi connectivity index (χ1n) is 10.4. The topological polar surface area (TPSA) is 9.23 Å². The average Bonchev–Trinajstić information content (AvgIpc) is 2.41. The third-order valence-electron chi connectivity index (χ3n) is 4.35. The van der Waals surface area contributed by atoms with Crippen molar-refractivity contribution in [3.8, 4) is 0 Å². The summed E-state index contributed by atoms with van der Waals surface area (Å²) in [6.07, 6.45) is 14.2. The molecule has 0 unspecified atom stereocenters. The van der Waals surface area contributed by atoms with E-state index >= 15 is 0 Å². The highest BCUT2D eigenvalue weighted by Gasteiger charge is 2.24. The van der Waals surface area contributed by atoms with Crippen LogP contribution >= 0.6 is 0 Å². The molecule has 0 rings (SSSR count). The van der Waals surface area contributed by atoms with Gasteiger partial charge in [0.1, 0.15) is 13.1 Å². The fourth-order valence-electron chi connectivity index (χ4n) is 3.22. The van der Waals surface area contributed by atoms with Crippen molar-refractivity contribution < 1.29 is 38.5 Å². The number of rotatable bonds is 16. The van der Waals surface area contributed by atoms with Gasteiger partial charge in [-0.15, -0.1) is 0 Å². The van der Waals surface area contributed by atoms with E-state index in [1.165, 1.54) is 64.2 Å². The van der Waals surface area contributed by atoms with Gasteiger partial charge in [0.2, 0.25) is 0 Å². The van der Waals surface area contributed by atoms with Gasteiger partial charge in [0.05, 0.1) is 42.3 Å². The summed E-state index contributed by atoms with van der Waals surface area (Å²) >= 11 is 0. The van der Waals surface area contributed by atoms with Gasteiger partial charge < -0.3 is 38.5 Å². The highest BCUT2D eigenvalue weighted by molar-refractivity contribution is 4.56. The van der Waals surface area contributed by atoms with Gasteiger partial charge in [-0.25, -0.2) is 0 Å². The Kier molecular flexibility index (Phi) is 21.0. The van der Waals surface area contributed by atoms with Crippen LogP contribution in [0.5, 0.6) is 0 Å². The molecule has 0 aromatic heterocycles. The average molecular weight is 416 g/mol. The van der Waals surface area contributed by atoms with E-state index in [1.54, 1.807) is 0 Å². The number of hydrogen-bond donors (Lipinski definition) is 0. The van der Waals surface area contributed by atoms with Crippen LogP contribution in [0.4, 0.5) is 0 Å². The maximum Gasteiger partial charge on any atom is 0.155 e. The minimum atomic E-state index is 0. The molecule has 0 saturated carbocycles. The predicted molar refractivity (Wildman–Crippen MR) is 107 cm³/mol. The second kappa shape index (κ2) is 17.6. The summed E-state index contributed by atoms with van der Waals surface area (Å²) in [5.74, 6) is 0.